The van der Waals surface area contributed by atoms with E-state index in [-0.39, 0.29) is 19.2 Å². The fourth-order valence-electron chi connectivity index (χ4n) is 3.78. The molecule has 0 radical (unpaired) electrons. The predicted molar refractivity (Wildman–Crippen MR) is 123 cm³/mol. The summed E-state index contributed by atoms with van der Waals surface area (Å²) in [6.45, 7) is 0.982. The van der Waals surface area contributed by atoms with E-state index in [4.69, 9.17) is 9.47 Å². The molecule has 33 heavy (non-hydrogen) atoms. The van der Waals surface area contributed by atoms with Crippen LogP contribution in [0.15, 0.2) is 64.2 Å². The van der Waals surface area contributed by atoms with Gasteiger partial charge in [0.1, 0.15) is 17.4 Å². The Morgan fingerprint density at radius 3 is 2.58 bits per heavy atom. The molecule has 5 nitrogen and oxygen atoms in total. The molecular weight excluding hydrogens is 468 g/mol. The maximum absolute atomic E-state index is 14.4. The molecule has 2 heterocycles. The lowest BCUT2D eigenvalue weighted by Crippen LogP contribution is -2.37. The normalized spacial score (nSPS) is 16.4. The average Bonchev–Trinajstić information content (AvgIpc) is 3.48. The van der Waals surface area contributed by atoms with E-state index in [0.29, 0.717) is 30.9 Å². The van der Waals surface area contributed by atoms with Gasteiger partial charge < -0.3 is 9.47 Å². The molecule has 0 amide bonds. The first-order chi connectivity index (χ1) is 15.9. The minimum Gasteiger partial charge on any atom is -0.493 e. The van der Waals surface area contributed by atoms with Gasteiger partial charge in [0.25, 0.3) is 0 Å². The summed E-state index contributed by atoms with van der Waals surface area (Å²) in [5.74, 6) is -1.62. The summed E-state index contributed by atoms with van der Waals surface area (Å²) in [7, 11) is -4.44. The van der Waals surface area contributed by atoms with Crippen LogP contribution in [0.3, 0.4) is 0 Å². The second-order valence-corrected chi connectivity index (χ2v) is 10.5. The minimum atomic E-state index is -4.44. The molecule has 1 unspecified atom stereocenters. The number of benzene rings is 2. The van der Waals surface area contributed by atoms with Crippen LogP contribution in [0.25, 0.3) is 0 Å². The number of thiophene rings is 1. The molecular formula is C24H25F2NO4S2. The van der Waals surface area contributed by atoms with Gasteiger partial charge in [0.05, 0.1) is 12.7 Å². The molecule has 0 spiro atoms. The monoisotopic (exact) mass is 493 g/mol. The SMILES string of the molecule is O=S(=O)(c1c(F)cccc1F)N(Cc1cccc(OCCc2ccsc2)c1)CC1CCCO1. The van der Waals surface area contributed by atoms with Gasteiger partial charge in [0.15, 0.2) is 4.90 Å². The number of nitrogens with zero attached hydrogens (tertiary/aromatic N) is 1. The predicted octanol–water partition coefficient (Wildman–Crippen LogP) is 5.02. The fraction of sp³-hybridized carbons (Fsp3) is 0.333. The quantitative estimate of drug-likeness (QED) is 0.398. The van der Waals surface area contributed by atoms with Crippen molar-refractivity contribution < 1.29 is 26.7 Å². The Labute approximate surface area is 196 Å². The third-order valence-corrected chi connectivity index (χ3v) is 8.04. The first kappa shape index (κ1) is 23.8. The van der Waals surface area contributed by atoms with Crippen LogP contribution in [-0.2, 0) is 27.7 Å². The highest BCUT2D eigenvalue weighted by Gasteiger charge is 2.33. The van der Waals surface area contributed by atoms with Crippen LogP contribution in [0.5, 0.6) is 5.75 Å². The Morgan fingerprint density at radius 2 is 1.88 bits per heavy atom. The van der Waals surface area contributed by atoms with Crippen molar-refractivity contribution in [2.24, 2.45) is 0 Å². The molecule has 1 aliphatic rings. The fourth-order valence-corrected chi connectivity index (χ4v) is 6.05. The molecule has 0 saturated carbocycles. The Kier molecular flexibility index (Phi) is 7.75. The maximum Gasteiger partial charge on any atom is 0.249 e. The van der Waals surface area contributed by atoms with Gasteiger partial charge >= 0.3 is 0 Å². The standard InChI is InChI=1S/C24H25F2NO4S2/c25-22-7-2-8-23(26)24(22)33(28,29)27(16-21-6-3-11-30-21)15-19-4-1-5-20(14-19)31-12-9-18-10-13-32-17-18/h1-2,4-5,7-8,10,13-14,17,21H,3,6,9,11-12,15-16H2. The summed E-state index contributed by atoms with van der Waals surface area (Å²) in [6, 6.07) is 12.2. The highest BCUT2D eigenvalue weighted by molar-refractivity contribution is 7.89. The number of ether oxygens (including phenoxy) is 2. The lowest BCUT2D eigenvalue weighted by molar-refractivity contribution is 0.0924. The van der Waals surface area contributed by atoms with E-state index in [0.717, 1.165) is 35.3 Å². The molecule has 9 heteroatoms. The van der Waals surface area contributed by atoms with Gasteiger partial charge in [-0.25, -0.2) is 17.2 Å². The van der Waals surface area contributed by atoms with E-state index in [1.165, 1.54) is 5.56 Å². The van der Waals surface area contributed by atoms with Crippen LogP contribution in [-0.4, -0.2) is 38.6 Å². The molecule has 176 valence electrons. The zero-order valence-electron chi connectivity index (χ0n) is 18.0. The van der Waals surface area contributed by atoms with E-state index in [1.54, 1.807) is 35.6 Å². The number of hydrogen-bond donors (Lipinski definition) is 0. The number of halogens is 2. The van der Waals surface area contributed by atoms with Crippen LogP contribution >= 0.6 is 11.3 Å². The van der Waals surface area contributed by atoms with Crippen molar-refractivity contribution >= 4 is 21.4 Å². The summed E-state index contributed by atoms with van der Waals surface area (Å²) >= 11 is 1.63. The molecule has 3 aromatic rings. The van der Waals surface area contributed by atoms with Crippen LogP contribution in [0, 0.1) is 11.6 Å². The van der Waals surface area contributed by atoms with Gasteiger partial charge in [-0.1, -0.05) is 18.2 Å². The number of hydrogen-bond acceptors (Lipinski definition) is 5. The van der Waals surface area contributed by atoms with Gasteiger partial charge in [-0.15, -0.1) is 0 Å². The van der Waals surface area contributed by atoms with E-state index in [2.05, 4.69) is 5.38 Å². The molecule has 1 atom stereocenters. The molecule has 4 rings (SSSR count). The summed E-state index contributed by atoms with van der Waals surface area (Å²) < 4.78 is 67.9. The van der Waals surface area contributed by atoms with Crippen molar-refractivity contribution in [1.29, 1.82) is 0 Å². The average molecular weight is 494 g/mol. The molecule has 0 aliphatic carbocycles. The lowest BCUT2D eigenvalue weighted by Gasteiger charge is -2.25. The minimum absolute atomic E-state index is 0.0132. The number of sulfonamides is 1. The van der Waals surface area contributed by atoms with Gasteiger partial charge in [0, 0.05) is 26.1 Å². The highest BCUT2D eigenvalue weighted by Crippen LogP contribution is 2.27. The van der Waals surface area contributed by atoms with E-state index in [9.17, 15) is 17.2 Å². The lowest BCUT2D eigenvalue weighted by atomic mass is 10.2. The first-order valence-corrected chi connectivity index (χ1v) is 13.1. The molecule has 1 aromatic heterocycles. The van der Waals surface area contributed by atoms with Crippen molar-refractivity contribution in [2.75, 3.05) is 19.8 Å². The van der Waals surface area contributed by atoms with Crippen LogP contribution < -0.4 is 4.74 Å². The van der Waals surface area contributed by atoms with E-state index < -0.39 is 26.6 Å². The molecule has 1 fully saturated rings. The van der Waals surface area contributed by atoms with Gasteiger partial charge in [-0.2, -0.15) is 15.6 Å². The zero-order chi connectivity index (χ0) is 23.3. The highest BCUT2D eigenvalue weighted by atomic mass is 32.2. The van der Waals surface area contributed by atoms with Gasteiger partial charge in [-0.3, -0.25) is 0 Å². The summed E-state index contributed by atoms with van der Waals surface area (Å²) in [5.41, 5.74) is 1.85. The zero-order valence-corrected chi connectivity index (χ0v) is 19.6. The molecule has 1 aliphatic heterocycles. The smallest absolute Gasteiger partial charge is 0.249 e. The Bertz CT molecular complexity index is 1140. The first-order valence-electron chi connectivity index (χ1n) is 10.7. The van der Waals surface area contributed by atoms with Crippen molar-refractivity contribution in [3.63, 3.8) is 0 Å². The maximum atomic E-state index is 14.4. The largest absolute Gasteiger partial charge is 0.493 e. The van der Waals surface area contributed by atoms with Gasteiger partial charge in [0.2, 0.25) is 10.0 Å². The third kappa shape index (κ3) is 5.97. The van der Waals surface area contributed by atoms with Gasteiger partial charge in [-0.05, 0) is 65.1 Å². The second kappa shape index (κ2) is 10.7. The third-order valence-electron chi connectivity index (χ3n) is 5.45. The molecule has 0 N–H and O–H groups in total. The Hall–Kier alpha value is -2.33. The Balaban J connectivity index is 1.54. The molecule has 0 bridgehead atoms. The second-order valence-electron chi connectivity index (χ2n) is 7.86. The molecule has 1 saturated heterocycles. The van der Waals surface area contributed by atoms with Crippen molar-refractivity contribution in [3.8, 4) is 5.75 Å². The Morgan fingerprint density at radius 1 is 1.09 bits per heavy atom. The van der Waals surface area contributed by atoms with Crippen LogP contribution in [0.4, 0.5) is 8.78 Å². The van der Waals surface area contributed by atoms with E-state index >= 15 is 0 Å². The van der Waals surface area contributed by atoms with E-state index in [1.807, 2.05) is 11.4 Å². The van der Waals surface area contributed by atoms with Crippen LogP contribution in [0.1, 0.15) is 24.0 Å². The topological polar surface area (TPSA) is 55.8 Å². The number of rotatable bonds is 10. The summed E-state index contributed by atoms with van der Waals surface area (Å²) in [4.78, 5) is -0.939. The van der Waals surface area contributed by atoms with Crippen molar-refractivity contribution in [1.82, 2.24) is 4.31 Å². The van der Waals surface area contributed by atoms with Crippen molar-refractivity contribution in [3.05, 3.63) is 82.1 Å². The summed E-state index contributed by atoms with van der Waals surface area (Å²) in [5, 5.41) is 4.08. The van der Waals surface area contributed by atoms with Crippen molar-refractivity contribution in [2.45, 2.75) is 36.8 Å². The van der Waals surface area contributed by atoms with Crippen LogP contribution in [0.2, 0.25) is 0 Å². The molecule has 2 aromatic carbocycles. The summed E-state index contributed by atoms with van der Waals surface area (Å²) in [6.07, 6.45) is 1.96.